The number of rotatable bonds is 3. The van der Waals surface area contributed by atoms with E-state index in [4.69, 9.17) is 0 Å². The first-order valence-electron chi connectivity index (χ1n) is 5.40. The standard InChI is InChI=1S/C12H17FN2O/c1-4-15(5-2)12(16)14-11-7-9(3)6-10(13)8-11/h6-8H,4-5H2,1-3H3,(H,14,16). The molecule has 2 amide bonds. The first kappa shape index (κ1) is 12.5. The summed E-state index contributed by atoms with van der Waals surface area (Å²) in [6, 6.07) is 4.28. The van der Waals surface area contributed by atoms with Crippen LogP contribution in [0.4, 0.5) is 14.9 Å². The molecule has 0 unspecified atom stereocenters. The van der Waals surface area contributed by atoms with Crippen molar-refractivity contribution in [2.45, 2.75) is 20.8 Å². The lowest BCUT2D eigenvalue weighted by atomic mass is 10.2. The number of urea groups is 1. The fourth-order valence-corrected chi connectivity index (χ4v) is 1.52. The van der Waals surface area contributed by atoms with Crippen LogP contribution in [0.2, 0.25) is 0 Å². The highest BCUT2D eigenvalue weighted by atomic mass is 19.1. The first-order chi connectivity index (χ1) is 7.56. The molecule has 4 heteroatoms. The van der Waals surface area contributed by atoms with Gasteiger partial charge in [-0.15, -0.1) is 0 Å². The number of halogens is 1. The molecule has 0 aromatic heterocycles. The molecule has 3 nitrogen and oxygen atoms in total. The zero-order chi connectivity index (χ0) is 12.1. The predicted molar refractivity (Wildman–Crippen MR) is 63.1 cm³/mol. The van der Waals surface area contributed by atoms with Crippen LogP contribution in [0.1, 0.15) is 19.4 Å². The van der Waals surface area contributed by atoms with Gasteiger partial charge < -0.3 is 10.2 Å². The molecule has 0 spiro atoms. The highest BCUT2D eigenvalue weighted by Gasteiger charge is 2.09. The van der Waals surface area contributed by atoms with Gasteiger partial charge in [-0.1, -0.05) is 0 Å². The summed E-state index contributed by atoms with van der Waals surface area (Å²) in [5.41, 5.74) is 1.28. The SMILES string of the molecule is CCN(CC)C(=O)Nc1cc(C)cc(F)c1. The Balaban J connectivity index is 2.76. The minimum absolute atomic E-state index is 0.199. The lowest BCUT2D eigenvalue weighted by molar-refractivity contribution is 0.217. The van der Waals surface area contributed by atoms with Gasteiger partial charge in [0.1, 0.15) is 5.82 Å². The predicted octanol–water partition coefficient (Wildman–Crippen LogP) is 3.01. The molecule has 0 heterocycles. The van der Waals surface area contributed by atoms with Crippen molar-refractivity contribution in [2.24, 2.45) is 0 Å². The van der Waals surface area contributed by atoms with Gasteiger partial charge in [-0.25, -0.2) is 9.18 Å². The Labute approximate surface area is 95.3 Å². The van der Waals surface area contributed by atoms with Gasteiger partial charge >= 0.3 is 6.03 Å². The molecule has 0 bridgehead atoms. The van der Waals surface area contributed by atoms with E-state index in [2.05, 4.69) is 5.32 Å². The summed E-state index contributed by atoms with van der Waals surface area (Å²) in [5.74, 6) is -0.338. The van der Waals surface area contributed by atoms with E-state index in [1.54, 1.807) is 17.9 Å². The van der Waals surface area contributed by atoms with Gasteiger partial charge in [0.25, 0.3) is 0 Å². The van der Waals surface area contributed by atoms with Crippen molar-refractivity contribution in [3.63, 3.8) is 0 Å². The number of benzene rings is 1. The van der Waals surface area contributed by atoms with E-state index < -0.39 is 0 Å². The third-order valence-electron chi connectivity index (χ3n) is 2.34. The molecule has 88 valence electrons. The Morgan fingerprint density at radius 3 is 2.44 bits per heavy atom. The Bertz CT molecular complexity index is 355. The maximum atomic E-state index is 13.1. The zero-order valence-electron chi connectivity index (χ0n) is 9.88. The van der Waals surface area contributed by atoms with Gasteiger partial charge in [-0.2, -0.15) is 0 Å². The molecule has 1 aromatic carbocycles. The average molecular weight is 224 g/mol. The summed E-state index contributed by atoms with van der Waals surface area (Å²) >= 11 is 0. The van der Waals surface area contributed by atoms with Crippen molar-refractivity contribution in [3.8, 4) is 0 Å². The maximum absolute atomic E-state index is 13.1. The minimum Gasteiger partial charge on any atom is -0.325 e. The number of carbonyl (C=O) groups is 1. The van der Waals surface area contributed by atoms with Crippen molar-refractivity contribution >= 4 is 11.7 Å². The smallest absolute Gasteiger partial charge is 0.321 e. The molecule has 0 aliphatic carbocycles. The van der Waals surface area contributed by atoms with Crippen LogP contribution < -0.4 is 5.32 Å². The van der Waals surface area contributed by atoms with Crippen molar-refractivity contribution in [1.82, 2.24) is 4.90 Å². The molecule has 1 aromatic rings. The molecule has 0 radical (unpaired) electrons. The molecule has 16 heavy (non-hydrogen) atoms. The lowest BCUT2D eigenvalue weighted by Gasteiger charge is -2.19. The van der Waals surface area contributed by atoms with Crippen LogP contribution in [-0.4, -0.2) is 24.0 Å². The third-order valence-corrected chi connectivity index (χ3v) is 2.34. The summed E-state index contributed by atoms with van der Waals surface area (Å²) in [6.45, 7) is 6.86. The minimum atomic E-state index is -0.338. The topological polar surface area (TPSA) is 32.3 Å². The van der Waals surface area contributed by atoms with E-state index in [1.165, 1.54) is 12.1 Å². The summed E-state index contributed by atoms with van der Waals surface area (Å²) in [6.07, 6.45) is 0. The summed E-state index contributed by atoms with van der Waals surface area (Å²) < 4.78 is 13.1. The fourth-order valence-electron chi connectivity index (χ4n) is 1.52. The van der Waals surface area contributed by atoms with Crippen molar-refractivity contribution in [3.05, 3.63) is 29.6 Å². The van der Waals surface area contributed by atoms with Crippen LogP contribution in [0, 0.1) is 12.7 Å². The van der Waals surface area contributed by atoms with E-state index >= 15 is 0 Å². The summed E-state index contributed by atoms with van der Waals surface area (Å²) in [7, 11) is 0. The van der Waals surface area contributed by atoms with Crippen LogP contribution in [0.15, 0.2) is 18.2 Å². The zero-order valence-corrected chi connectivity index (χ0v) is 9.88. The van der Waals surface area contributed by atoms with E-state index in [1.807, 2.05) is 13.8 Å². The molecule has 0 fully saturated rings. The van der Waals surface area contributed by atoms with Gasteiger partial charge in [-0.05, 0) is 44.5 Å². The van der Waals surface area contributed by atoms with Crippen molar-refractivity contribution < 1.29 is 9.18 Å². The number of carbonyl (C=O) groups excluding carboxylic acids is 1. The normalized spacial score (nSPS) is 10.0. The van der Waals surface area contributed by atoms with Crippen LogP contribution in [0.5, 0.6) is 0 Å². The van der Waals surface area contributed by atoms with Crippen LogP contribution in [0.3, 0.4) is 0 Å². The first-order valence-corrected chi connectivity index (χ1v) is 5.40. The molecular formula is C12H17FN2O. The summed E-state index contributed by atoms with van der Waals surface area (Å²) in [5, 5.41) is 2.67. The fraction of sp³-hybridized carbons (Fsp3) is 0.417. The maximum Gasteiger partial charge on any atom is 0.321 e. The molecule has 0 aliphatic heterocycles. The second-order valence-electron chi connectivity index (χ2n) is 3.62. The van der Waals surface area contributed by atoms with Crippen LogP contribution in [0.25, 0.3) is 0 Å². The molecular weight excluding hydrogens is 207 g/mol. The number of aryl methyl sites for hydroxylation is 1. The Morgan fingerprint density at radius 1 is 1.31 bits per heavy atom. The van der Waals surface area contributed by atoms with Crippen LogP contribution in [-0.2, 0) is 0 Å². The molecule has 1 rings (SSSR count). The molecule has 0 saturated heterocycles. The van der Waals surface area contributed by atoms with E-state index in [0.717, 1.165) is 5.56 Å². The van der Waals surface area contributed by atoms with Gasteiger partial charge in [0.05, 0.1) is 0 Å². The molecule has 0 atom stereocenters. The highest BCUT2D eigenvalue weighted by molar-refractivity contribution is 5.89. The van der Waals surface area contributed by atoms with E-state index in [9.17, 15) is 9.18 Å². The number of nitrogens with one attached hydrogen (secondary N) is 1. The second-order valence-corrected chi connectivity index (χ2v) is 3.62. The number of amides is 2. The lowest BCUT2D eigenvalue weighted by Crippen LogP contribution is -2.34. The number of anilines is 1. The molecule has 0 aliphatic rings. The van der Waals surface area contributed by atoms with Crippen molar-refractivity contribution in [2.75, 3.05) is 18.4 Å². The third kappa shape index (κ3) is 3.22. The molecule has 1 N–H and O–H groups in total. The quantitative estimate of drug-likeness (QED) is 0.841. The van der Waals surface area contributed by atoms with E-state index in [-0.39, 0.29) is 11.8 Å². The Morgan fingerprint density at radius 2 is 1.94 bits per heavy atom. The summed E-state index contributed by atoms with van der Waals surface area (Å²) in [4.78, 5) is 13.3. The largest absolute Gasteiger partial charge is 0.325 e. The van der Waals surface area contributed by atoms with Gasteiger partial charge in [0, 0.05) is 18.8 Å². The van der Waals surface area contributed by atoms with Crippen LogP contribution >= 0.6 is 0 Å². The second kappa shape index (κ2) is 5.49. The number of hydrogen-bond donors (Lipinski definition) is 1. The number of nitrogens with zero attached hydrogens (tertiary/aromatic N) is 1. The highest BCUT2D eigenvalue weighted by Crippen LogP contribution is 2.13. The van der Waals surface area contributed by atoms with Gasteiger partial charge in [-0.3, -0.25) is 0 Å². The Kier molecular flexibility index (Phi) is 4.28. The number of hydrogen-bond acceptors (Lipinski definition) is 1. The molecule has 0 saturated carbocycles. The monoisotopic (exact) mass is 224 g/mol. The van der Waals surface area contributed by atoms with Crippen molar-refractivity contribution in [1.29, 1.82) is 0 Å². The Hall–Kier alpha value is -1.58. The average Bonchev–Trinajstić information content (AvgIpc) is 2.17. The van der Waals surface area contributed by atoms with Gasteiger partial charge in [0.2, 0.25) is 0 Å². The van der Waals surface area contributed by atoms with E-state index in [0.29, 0.717) is 18.8 Å². The van der Waals surface area contributed by atoms with Gasteiger partial charge in [0.15, 0.2) is 0 Å².